The molecule has 0 atom stereocenters. The number of sulfonamides is 1. The number of nitrogens with zero attached hydrogens (tertiary/aromatic N) is 3. The summed E-state index contributed by atoms with van der Waals surface area (Å²) < 4.78 is 71.1. The molecule has 232 valence electrons. The molecule has 44 heavy (non-hydrogen) atoms. The Morgan fingerprint density at radius 2 is 1.59 bits per heavy atom. The van der Waals surface area contributed by atoms with Gasteiger partial charge in [-0.25, -0.2) is 17.9 Å². The maximum atomic E-state index is 13.7. The lowest BCUT2D eigenvalue weighted by Crippen LogP contribution is -2.38. The van der Waals surface area contributed by atoms with E-state index in [1.165, 1.54) is 48.7 Å². The van der Waals surface area contributed by atoms with Crippen molar-refractivity contribution in [2.24, 2.45) is 5.92 Å². The molecule has 0 spiro atoms. The molecule has 0 saturated carbocycles. The normalized spacial score (nSPS) is 12.0. The first-order valence-corrected chi connectivity index (χ1v) is 15.4. The van der Waals surface area contributed by atoms with Crippen LogP contribution in [0.4, 0.5) is 13.2 Å². The van der Waals surface area contributed by atoms with Crippen molar-refractivity contribution in [3.63, 3.8) is 0 Å². The highest BCUT2D eigenvalue weighted by Gasteiger charge is 2.35. The van der Waals surface area contributed by atoms with Gasteiger partial charge in [0.2, 0.25) is 5.78 Å². The molecule has 0 aliphatic carbocycles. The molecule has 0 saturated heterocycles. The quantitative estimate of drug-likeness (QED) is 0.230. The van der Waals surface area contributed by atoms with Crippen LogP contribution in [-0.4, -0.2) is 34.5 Å². The molecular weight excluding hydrogens is 597 g/mol. The van der Waals surface area contributed by atoms with Crippen LogP contribution in [0, 0.1) is 5.92 Å². The van der Waals surface area contributed by atoms with Crippen LogP contribution in [0.1, 0.15) is 50.6 Å². The first-order valence-electron chi connectivity index (χ1n) is 13.9. The largest absolute Gasteiger partial charge is 0.418 e. The second-order valence-corrected chi connectivity index (χ2v) is 12.1. The highest BCUT2D eigenvalue weighted by atomic mass is 32.2. The zero-order valence-electron chi connectivity index (χ0n) is 24.3. The Morgan fingerprint density at radius 3 is 2.23 bits per heavy atom. The molecule has 4 aromatic rings. The first-order chi connectivity index (χ1) is 20.7. The number of ketones is 1. The second kappa shape index (κ2) is 13.0. The van der Waals surface area contributed by atoms with Crippen molar-refractivity contribution >= 4 is 21.7 Å². The number of Topliss-reactive ketones (excluding diaryl/α,β-unsaturated/α-hetero) is 1. The standard InChI is InChI=1S/C31H31F3N4O5S/c1-4-5-14-27-35-38(25-12-8-7-11-24(25)31(32,33)34)30(41)37(27)19-21-15-17-22(18-16-21)23-10-6-9-13-26(23)44(42,43)36-29(40)28(39)20(2)3/h6-13,15-18,20H,4-5,14,19H2,1-3H3,(H,36,40). The zero-order chi connectivity index (χ0) is 32.2. The third-order valence-corrected chi connectivity index (χ3v) is 8.28. The van der Waals surface area contributed by atoms with Crippen molar-refractivity contribution in [1.82, 2.24) is 19.1 Å². The van der Waals surface area contributed by atoms with Crippen molar-refractivity contribution < 1.29 is 31.2 Å². The van der Waals surface area contributed by atoms with E-state index in [2.05, 4.69) is 5.10 Å². The third-order valence-electron chi connectivity index (χ3n) is 6.89. The summed E-state index contributed by atoms with van der Waals surface area (Å²) in [5.74, 6) is -2.45. The second-order valence-electron chi connectivity index (χ2n) is 10.5. The SMILES string of the molecule is CCCCc1nn(-c2ccccc2C(F)(F)F)c(=O)n1Cc1ccc(-c2ccccc2S(=O)(=O)NC(=O)C(=O)C(C)C)cc1. The summed E-state index contributed by atoms with van der Waals surface area (Å²) in [5, 5.41) is 4.28. The van der Waals surface area contributed by atoms with Crippen molar-refractivity contribution in [3.05, 3.63) is 100 Å². The van der Waals surface area contributed by atoms with E-state index in [-0.39, 0.29) is 22.7 Å². The lowest BCUT2D eigenvalue weighted by molar-refractivity contribution is -0.138. The highest BCUT2D eigenvalue weighted by molar-refractivity contribution is 7.90. The van der Waals surface area contributed by atoms with E-state index < -0.39 is 45.1 Å². The van der Waals surface area contributed by atoms with Gasteiger partial charge < -0.3 is 0 Å². The topological polar surface area (TPSA) is 120 Å². The Bertz CT molecular complexity index is 1840. The maximum Gasteiger partial charge on any atom is 0.418 e. The van der Waals surface area contributed by atoms with Crippen molar-refractivity contribution in [1.29, 1.82) is 0 Å². The van der Waals surface area contributed by atoms with E-state index >= 15 is 0 Å². The molecule has 1 amide bonds. The van der Waals surface area contributed by atoms with Gasteiger partial charge in [0.1, 0.15) is 5.82 Å². The van der Waals surface area contributed by atoms with E-state index in [1.54, 1.807) is 36.4 Å². The highest BCUT2D eigenvalue weighted by Crippen LogP contribution is 2.33. The lowest BCUT2D eigenvalue weighted by Gasteiger charge is -2.13. The fourth-order valence-corrected chi connectivity index (χ4v) is 5.76. The number of rotatable bonds is 11. The molecule has 1 aromatic heterocycles. The molecule has 4 rings (SSSR count). The molecule has 9 nitrogen and oxygen atoms in total. The number of carbonyl (C=O) groups excluding carboxylic acids is 2. The summed E-state index contributed by atoms with van der Waals surface area (Å²) in [5.41, 5.74) is -0.693. The number of halogens is 3. The van der Waals surface area contributed by atoms with Crippen LogP contribution >= 0.6 is 0 Å². The van der Waals surface area contributed by atoms with Gasteiger partial charge in [-0.15, -0.1) is 5.10 Å². The predicted octanol–water partition coefficient (Wildman–Crippen LogP) is 5.14. The molecule has 3 aromatic carbocycles. The van der Waals surface area contributed by atoms with Gasteiger partial charge in [0.05, 0.1) is 22.7 Å². The Balaban J connectivity index is 1.68. The summed E-state index contributed by atoms with van der Waals surface area (Å²) in [6, 6.07) is 17.3. The number of carbonyl (C=O) groups is 2. The van der Waals surface area contributed by atoms with Gasteiger partial charge in [-0.3, -0.25) is 14.2 Å². The lowest BCUT2D eigenvalue weighted by atomic mass is 10.0. The smallest absolute Gasteiger partial charge is 0.288 e. The number of unbranched alkanes of at least 4 members (excludes halogenated alkanes) is 1. The van der Waals surface area contributed by atoms with Gasteiger partial charge in [0, 0.05) is 17.9 Å². The average Bonchev–Trinajstić information content (AvgIpc) is 3.29. The zero-order valence-corrected chi connectivity index (χ0v) is 25.1. The van der Waals surface area contributed by atoms with Gasteiger partial charge in [-0.2, -0.15) is 17.9 Å². The van der Waals surface area contributed by atoms with Crippen LogP contribution < -0.4 is 10.4 Å². The van der Waals surface area contributed by atoms with Crippen molar-refractivity contribution in [2.75, 3.05) is 0 Å². The van der Waals surface area contributed by atoms with Crippen LogP contribution in [0.5, 0.6) is 0 Å². The Hall–Kier alpha value is -4.52. The number of alkyl halides is 3. The number of benzene rings is 3. The molecule has 13 heteroatoms. The van der Waals surface area contributed by atoms with Crippen LogP contribution in [-0.2, 0) is 38.8 Å². The summed E-state index contributed by atoms with van der Waals surface area (Å²) in [7, 11) is -4.39. The average molecular weight is 629 g/mol. The Labute approximate surface area is 252 Å². The number of amides is 1. The number of aryl methyl sites for hydroxylation is 1. The van der Waals surface area contributed by atoms with Gasteiger partial charge in [-0.05, 0) is 35.7 Å². The molecule has 0 radical (unpaired) electrons. The molecule has 0 aliphatic heterocycles. The molecule has 0 unspecified atom stereocenters. The van der Waals surface area contributed by atoms with Crippen molar-refractivity contribution in [3.8, 4) is 16.8 Å². The fraction of sp³-hybridized carbons (Fsp3) is 0.290. The molecule has 0 fully saturated rings. The molecular formula is C31H31F3N4O5S. The molecule has 1 N–H and O–H groups in total. The summed E-state index contributed by atoms with van der Waals surface area (Å²) >= 11 is 0. The molecule has 0 aliphatic rings. The molecule has 1 heterocycles. The molecule has 0 bridgehead atoms. The Morgan fingerprint density at radius 1 is 0.955 bits per heavy atom. The van der Waals surface area contributed by atoms with E-state index in [9.17, 15) is 36.0 Å². The van der Waals surface area contributed by atoms with E-state index in [4.69, 9.17) is 0 Å². The van der Waals surface area contributed by atoms with Crippen LogP contribution in [0.25, 0.3) is 16.8 Å². The first kappa shape index (κ1) is 32.4. The summed E-state index contributed by atoms with van der Waals surface area (Å²) in [6.45, 7) is 4.93. The maximum absolute atomic E-state index is 13.7. The van der Waals surface area contributed by atoms with Crippen LogP contribution in [0.3, 0.4) is 0 Å². The number of aromatic nitrogens is 3. The van der Waals surface area contributed by atoms with Crippen molar-refractivity contribution in [2.45, 2.75) is 57.7 Å². The predicted molar refractivity (Wildman–Crippen MR) is 158 cm³/mol. The number of para-hydroxylation sites is 1. The van der Waals surface area contributed by atoms with Gasteiger partial charge in [0.15, 0.2) is 0 Å². The third kappa shape index (κ3) is 6.99. The summed E-state index contributed by atoms with van der Waals surface area (Å²) in [4.78, 5) is 37.4. The van der Waals surface area contributed by atoms with Gasteiger partial charge >= 0.3 is 17.8 Å². The van der Waals surface area contributed by atoms with Gasteiger partial charge in [0.25, 0.3) is 10.0 Å². The van der Waals surface area contributed by atoms with Gasteiger partial charge in [-0.1, -0.05) is 81.8 Å². The van der Waals surface area contributed by atoms with E-state index in [0.717, 1.165) is 17.2 Å². The van der Waals surface area contributed by atoms with E-state index in [1.807, 2.05) is 11.6 Å². The Kier molecular flexibility index (Phi) is 9.57. The monoisotopic (exact) mass is 628 g/mol. The minimum atomic E-state index is -4.68. The number of hydrogen-bond donors (Lipinski definition) is 1. The minimum absolute atomic E-state index is 0.0136. The fourth-order valence-electron chi connectivity index (χ4n) is 4.57. The van der Waals surface area contributed by atoms with E-state index in [0.29, 0.717) is 29.8 Å². The summed E-state index contributed by atoms with van der Waals surface area (Å²) in [6.07, 6.45) is -2.86. The van der Waals surface area contributed by atoms with Crippen LogP contribution in [0.15, 0.2) is 82.5 Å². The number of hydrogen-bond acceptors (Lipinski definition) is 6. The number of nitrogens with one attached hydrogen (secondary N) is 1. The van der Waals surface area contributed by atoms with Crippen LogP contribution in [0.2, 0.25) is 0 Å². The minimum Gasteiger partial charge on any atom is -0.288 e.